The standard InChI is InChI=1S/C21H20N/c1-15(2)19-12-21-18-11-7-6-10-17(18)13-22(21)14-20(19)16-8-4-3-5-9-16/h3-12,14-15H,13H2,1-2H3/q+1. The van der Waals surface area contributed by atoms with Gasteiger partial charge in [0.05, 0.1) is 5.56 Å². The second-order valence-corrected chi connectivity index (χ2v) is 6.33. The first-order valence-corrected chi connectivity index (χ1v) is 7.95. The molecule has 2 aromatic carbocycles. The number of hydrogen-bond acceptors (Lipinski definition) is 0. The van der Waals surface area contributed by atoms with Gasteiger partial charge in [-0.05, 0) is 23.1 Å². The first-order valence-electron chi connectivity index (χ1n) is 7.95. The highest BCUT2D eigenvalue weighted by molar-refractivity contribution is 5.71. The van der Waals surface area contributed by atoms with Gasteiger partial charge >= 0.3 is 0 Å². The molecular formula is C21H20N+. The zero-order chi connectivity index (χ0) is 15.1. The summed E-state index contributed by atoms with van der Waals surface area (Å²) in [4.78, 5) is 0. The average Bonchev–Trinajstić information content (AvgIpc) is 2.92. The second-order valence-electron chi connectivity index (χ2n) is 6.33. The molecule has 0 saturated heterocycles. The molecule has 1 aliphatic heterocycles. The van der Waals surface area contributed by atoms with Gasteiger partial charge in [-0.15, -0.1) is 0 Å². The molecule has 4 rings (SSSR count). The van der Waals surface area contributed by atoms with E-state index in [0.717, 1.165) is 6.54 Å². The summed E-state index contributed by atoms with van der Waals surface area (Å²) in [7, 11) is 0. The van der Waals surface area contributed by atoms with Crippen molar-refractivity contribution >= 4 is 0 Å². The Bertz CT molecular complexity index is 832. The Morgan fingerprint density at radius 3 is 2.36 bits per heavy atom. The molecule has 0 unspecified atom stereocenters. The topological polar surface area (TPSA) is 3.88 Å². The molecule has 1 aliphatic rings. The smallest absolute Gasteiger partial charge is 0.193 e. The van der Waals surface area contributed by atoms with Crippen molar-refractivity contribution in [2.75, 3.05) is 0 Å². The van der Waals surface area contributed by atoms with Crippen LogP contribution >= 0.6 is 0 Å². The minimum Gasteiger partial charge on any atom is -0.193 e. The average molecular weight is 286 g/mol. The number of rotatable bonds is 2. The zero-order valence-electron chi connectivity index (χ0n) is 13.1. The molecule has 1 aromatic heterocycles. The Kier molecular flexibility index (Phi) is 3.07. The molecule has 0 spiro atoms. The molecular weight excluding hydrogens is 266 g/mol. The molecule has 0 fully saturated rings. The molecule has 0 bridgehead atoms. The number of fused-ring (bicyclic) bond motifs is 3. The minimum atomic E-state index is 0.508. The number of aromatic nitrogens is 1. The van der Waals surface area contributed by atoms with Crippen molar-refractivity contribution in [3.05, 3.63) is 78.0 Å². The fourth-order valence-electron chi connectivity index (χ4n) is 3.40. The maximum Gasteiger partial charge on any atom is 0.213 e. The van der Waals surface area contributed by atoms with E-state index in [1.165, 1.54) is 33.5 Å². The van der Waals surface area contributed by atoms with E-state index in [4.69, 9.17) is 0 Å². The van der Waals surface area contributed by atoms with E-state index in [2.05, 4.69) is 85.3 Å². The maximum atomic E-state index is 2.39. The molecule has 0 radical (unpaired) electrons. The van der Waals surface area contributed by atoms with Crippen LogP contribution in [0.2, 0.25) is 0 Å². The summed E-state index contributed by atoms with van der Waals surface area (Å²) in [5.74, 6) is 0.508. The zero-order valence-corrected chi connectivity index (χ0v) is 13.1. The summed E-state index contributed by atoms with van der Waals surface area (Å²) in [5, 5.41) is 0. The van der Waals surface area contributed by atoms with Crippen LogP contribution in [0.1, 0.15) is 30.9 Å². The van der Waals surface area contributed by atoms with Gasteiger partial charge in [0, 0.05) is 17.2 Å². The van der Waals surface area contributed by atoms with Gasteiger partial charge in [0.1, 0.15) is 0 Å². The second kappa shape index (κ2) is 5.10. The number of pyridine rings is 1. The largest absolute Gasteiger partial charge is 0.213 e. The summed E-state index contributed by atoms with van der Waals surface area (Å²) < 4.78 is 2.39. The van der Waals surface area contributed by atoms with Crippen LogP contribution in [-0.4, -0.2) is 0 Å². The van der Waals surface area contributed by atoms with Crippen molar-refractivity contribution in [2.45, 2.75) is 26.3 Å². The van der Waals surface area contributed by atoms with Gasteiger partial charge in [0.2, 0.25) is 5.69 Å². The first kappa shape index (κ1) is 13.3. The lowest BCUT2D eigenvalue weighted by atomic mass is 9.93. The molecule has 22 heavy (non-hydrogen) atoms. The molecule has 1 heteroatoms. The van der Waals surface area contributed by atoms with Crippen LogP contribution in [0.25, 0.3) is 22.4 Å². The number of nitrogens with zero attached hydrogens (tertiary/aromatic N) is 1. The highest BCUT2D eigenvalue weighted by Crippen LogP contribution is 2.34. The Balaban J connectivity index is 1.94. The van der Waals surface area contributed by atoms with Crippen molar-refractivity contribution in [2.24, 2.45) is 0 Å². The third kappa shape index (κ3) is 2.05. The molecule has 0 aliphatic carbocycles. The van der Waals surface area contributed by atoms with Crippen LogP contribution in [0.15, 0.2) is 66.9 Å². The first-order chi connectivity index (χ1) is 10.7. The highest BCUT2D eigenvalue weighted by atomic mass is 15.0. The molecule has 0 amide bonds. The molecule has 1 nitrogen and oxygen atoms in total. The van der Waals surface area contributed by atoms with Crippen LogP contribution in [0.3, 0.4) is 0 Å². The van der Waals surface area contributed by atoms with E-state index < -0.39 is 0 Å². The van der Waals surface area contributed by atoms with Gasteiger partial charge in [-0.3, -0.25) is 0 Å². The van der Waals surface area contributed by atoms with Crippen molar-refractivity contribution < 1.29 is 4.57 Å². The maximum absolute atomic E-state index is 2.39. The van der Waals surface area contributed by atoms with Crippen molar-refractivity contribution in [3.8, 4) is 22.4 Å². The summed E-state index contributed by atoms with van der Waals surface area (Å²) in [5.41, 5.74) is 8.23. The van der Waals surface area contributed by atoms with Crippen molar-refractivity contribution in [1.29, 1.82) is 0 Å². The van der Waals surface area contributed by atoms with Crippen LogP contribution in [0, 0.1) is 0 Å². The van der Waals surface area contributed by atoms with E-state index in [1.807, 2.05) is 0 Å². The monoisotopic (exact) mass is 286 g/mol. The van der Waals surface area contributed by atoms with E-state index in [9.17, 15) is 0 Å². The summed E-state index contributed by atoms with van der Waals surface area (Å²) in [6.07, 6.45) is 2.33. The van der Waals surface area contributed by atoms with E-state index in [0.29, 0.717) is 5.92 Å². The third-order valence-electron chi connectivity index (χ3n) is 4.54. The molecule has 0 atom stereocenters. The molecule has 0 saturated carbocycles. The SMILES string of the molecule is CC(C)c1cc2[n+](cc1-c1ccccc1)Cc1ccccc1-2. The Morgan fingerprint density at radius 2 is 1.59 bits per heavy atom. The molecule has 0 N–H and O–H groups in total. The lowest BCUT2D eigenvalue weighted by Crippen LogP contribution is -2.32. The van der Waals surface area contributed by atoms with E-state index in [-0.39, 0.29) is 0 Å². The van der Waals surface area contributed by atoms with Crippen molar-refractivity contribution in [3.63, 3.8) is 0 Å². The minimum absolute atomic E-state index is 0.508. The predicted octanol–water partition coefficient (Wildman–Crippen LogP) is 4.79. The number of benzene rings is 2. The van der Waals surface area contributed by atoms with E-state index >= 15 is 0 Å². The Morgan fingerprint density at radius 1 is 0.864 bits per heavy atom. The highest BCUT2D eigenvalue weighted by Gasteiger charge is 2.28. The van der Waals surface area contributed by atoms with Crippen LogP contribution in [0.4, 0.5) is 0 Å². The van der Waals surface area contributed by atoms with E-state index in [1.54, 1.807) is 0 Å². The van der Waals surface area contributed by atoms with Gasteiger partial charge in [0.25, 0.3) is 0 Å². The third-order valence-corrected chi connectivity index (χ3v) is 4.54. The lowest BCUT2D eigenvalue weighted by molar-refractivity contribution is -0.671. The molecule has 2 heterocycles. The fourth-order valence-corrected chi connectivity index (χ4v) is 3.40. The predicted molar refractivity (Wildman–Crippen MR) is 90.7 cm³/mol. The van der Waals surface area contributed by atoms with Gasteiger partial charge in [-0.25, -0.2) is 0 Å². The fraction of sp³-hybridized carbons (Fsp3) is 0.190. The summed E-state index contributed by atoms with van der Waals surface area (Å²) >= 11 is 0. The lowest BCUT2D eigenvalue weighted by Gasteiger charge is -2.12. The van der Waals surface area contributed by atoms with Crippen LogP contribution in [-0.2, 0) is 6.54 Å². The van der Waals surface area contributed by atoms with Crippen molar-refractivity contribution in [1.82, 2.24) is 0 Å². The van der Waals surface area contributed by atoms with Gasteiger partial charge < -0.3 is 0 Å². The Labute approximate surface area is 131 Å². The molecule has 108 valence electrons. The summed E-state index contributed by atoms with van der Waals surface area (Å²) in [6, 6.07) is 21.8. The van der Waals surface area contributed by atoms with Crippen LogP contribution < -0.4 is 4.57 Å². The quantitative estimate of drug-likeness (QED) is 0.466. The van der Waals surface area contributed by atoms with Gasteiger partial charge in [0.15, 0.2) is 12.7 Å². The number of hydrogen-bond donors (Lipinski definition) is 0. The normalized spacial score (nSPS) is 12.3. The van der Waals surface area contributed by atoms with Gasteiger partial charge in [-0.1, -0.05) is 62.4 Å². The Hall–Kier alpha value is -2.41. The van der Waals surface area contributed by atoms with Gasteiger partial charge in [-0.2, -0.15) is 4.57 Å². The summed E-state index contributed by atoms with van der Waals surface area (Å²) in [6.45, 7) is 5.53. The van der Waals surface area contributed by atoms with Crippen LogP contribution in [0.5, 0.6) is 0 Å². The molecule has 3 aromatic rings.